The molecule has 0 amide bonds. The number of anilines is 1. The van der Waals surface area contributed by atoms with Crippen molar-refractivity contribution in [1.29, 1.82) is 0 Å². The molecule has 2 heterocycles. The van der Waals surface area contributed by atoms with Crippen molar-refractivity contribution < 1.29 is 17.9 Å². The number of hydrogen-bond acceptors (Lipinski definition) is 4. The van der Waals surface area contributed by atoms with Gasteiger partial charge < -0.3 is 25.3 Å². The number of benzene rings is 2. The first-order chi connectivity index (χ1) is 14.4. The third kappa shape index (κ3) is 4.35. The molecule has 0 fully saturated rings. The highest BCUT2D eigenvalue weighted by Crippen LogP contribution is 2.37. The number of nitrogens with zero attached hydrogens (tertiary/aromatic N) is 1. The number of nitrogens with one attached hydrogen (secondary N) is 4. The first-order valence-corrected chi connectivity index (χ1v) is 9.60. The Hall–Kier alpha value is -3.20. The van der Waals surface area contributed by atoms with Gasteiger partial charge in [-0.15, -0.1) is 0 Å². The maximum Gasteiger partial charge on any atom is 0.417 e. The average Bonchev–Trinajstić information content (AvgIpc) is 3.31. The zero-order valence-electron chi connectivity index (χ0n) is 16.4. The number of ether oxygens (including phenoxy) is 1. The molecule has 9 heteroatoms. The number of H-pyrrole nitrogens is 2. The number of para-hydroxylation sites is 2. The van der Waals surface area contributed by atoms with Crippen molar-refractivity contribution in [3.05, 3.63) is 53.7 Å². The van der Waals surface area contributed by atoms with Gasteiger partial charge in [0.1, 0.15) is 5.75 Å². The van der Waals surface area contributed by atoms with Gasteiger partial charge in [-0.05, 0) is 37.2 Å². The molecular formula is C21H22F3N5O. The molecule has 0 atom stereocenters. The molecule has 0 aliphatic carbocycles. The van der Waals surface area contributed by atoms with E-state index in [4.69, 9.17) is 4.74 Å². The van der Waals surface area contributed by atoms with Crippen LogP contribution in [0, 0.1) is 0 Å². The van der Waals surface area contributed by atoms with Crippen LogP contribution in [0.1, 0.15) is 17.7 Å². The molecule has 2 aromatic heterocycles. The van der Waals surface area contributed by atoms with E-state index < -0.39 is 11.7 Å². The maximum atomic E-state index is 13.3. The zero-order valence-corrected chi connectivity index (χ0v) is 16.4. The summed E-state index contributed by atoms with van der Waals surface area (Å²) in [4.78, 5) is 10.7. The predicted molar refractivity (Wildman–Crippen MR) is 111 cm³/mol. The molecule has 0 radical (unpaired) electrons. The van der Waals surface area contributed by atoms with Crippen molar-refractivity contribution in [2.45, 2.75) is 19.1 Å². The largest absolute Gasteiger partial charge is 0.497 e. The number of aromatic amines is 2. The summed E-state index contributed by atoms with van der Waals surface area (Å²) in [5, 5.41) is 6.63. The fraction of sp³-hybridized carbons (Fsp3) is 0.286. The highest BCUT2D eigenvalue weighted by Gasteiger charge is 2.33. The van der Waals surface area contributed by atoms with E-state index in [1.165, 1.54) is 13.2 Å². The molecule has 0 unspecified atom stereocenters. The predicted octanol–water partition coefficient (Wildman–Crippen LogP) is 4.66. The molecule has 0 bridgehead atoms. The number of halogens is 3. The molecule has 0 saturated heterocycles. The lowest BCUT2D eigenvalue weighted by Gasteiger charge is -2.10. The molecule has 0 aliphatic rings. The Morgan fingerprint density at radius 2 is 1.87 bits per heavy atom. The second-order valence-electron chi connectivity index (χ2n) is 6.99. The van der Waals surface area contributed by atoms with Crippen LogP contribution in [0.4, 0.5) is 19.1 Å². The normalized spacial score (nSPS) is 12.0. The van der Waals surface area contributed by atoms with Crippen LogP contribution in [-0.4, -0.2) is 35.2 Å². The number of methoxy groups -OCH3 is 1. The van der Waals surface area contributed by atoms with Gasteiger partial charge in [0.15, 0.2) is 0 Å². The van der Waals surface area contributed by atoms with Crippen LogP contribution in [0.3, 0.4) is 0 Å². The minimum atomic E-state index is -4.44. The summed E-state index contributed by atoms with van der Waals surface area (Å²) in [6.07, 6.45) is -3.61. The standard InChI is InChI=1S/C21H22F3N5O/c1-30-14-10-16(21(22,23)24)15-9-13(27-19(15)11-14)12-25-7-4-8-26-20-28-17-5-2-3-6-18(17)29-20/h2-3,5-6,9-11,25,27H,4,7-8,12H2,1H3,(H2,26,28,29). The van der Waals surface area contributed by atoms with Gasteiger partial charge in [-0.2, -0.15) is 13.2 Å². The summed E-state index contributed by atoms with van der Waals surface area (Å²) in [5.74, 6) is 0.897. The molecule has 6 nitrogen and oxygen atoms in total. The number of fused-ring (bicyclic) bond motifs is 2. The molecule has 2 aromatic carbocycles. The summed E-state index contributed by atoms with van der Waals surface area (Å²) in [6, 6.07) is 11.9. The quantitative estimate of drug-likeness (QED) is 0.315. The van der Waals surface area contributed by atoms with Crippen LogP contribution in [0.15, 0.2) is 42.5 Å². The summed E-state index contributed by atoms with van der Waals surface area (Å²) < 4.78 is 45.0. The van der Waals surface area contributed by atoms with Gasteiger partial charge in [-0.3, -0.25) is 0 Å². The molecule has 0 saturated carbocycles. The minimum Gasteiger partial charge on any atom is -0.497 e. The van der Waals surface area contributed by atoms with Gasteiger partial charge in [0.25, 0.3) is 0 Å². The smallest absolute Gasteiger partial charge is 0.417 e. The Morgan fingerprint density at radius 3 is 2.63 bits per heavy atom. The Morgan fingerprint density at radius 1 is 1.03 bits per heavy atom. The van der Waals surface area contributed by atoms with E-state index >= 15 is 0 Å². The second-order valence-corrected chi connectivity index (χ2v) is 6.99. The third-order valence-corrected chi connectivity index (χ3v) is 4.84. The van der Waals surface area contributed by atoms with Gasteiger partial charge in [-0.1, -0.05) is 12.1 Å². The highest BCUT2D eigenvalue weighted by molar-refractivity contribution is 5.86. The average molecular weight is 417 g/mol. The number of imidazole rings is 1. The summed E-state index contributed by atoms with van der Waals surface area (Å²) in [6.45, 7) is 1.87. The molecule has 4 N–H and O–H groups in total. The molecular weight excluding hydrogens is 395 g/mol. The number of rotatable bonds is 8. The van der Waals surface area contributed by atoms with E-state index in [9.17, 15) is 13.2 Å². The zero-order chi connectivity index (χ0) is 21.1. The van der Waals surface area contributed by atoms with E-state index in [-0.39, 0.29) is 11.1 Å². The maximum absolute atomic E-state index is 13.3. The Balaban J connectivity index is 1.30. The molecule has 158 valence electrons. The molecule has 0 spiro atoms. The van der Waals surface area contributed by atoms with E-state index in [1.54, 1.807) is 6.07 Å². The monoisotopic (exact) mass is 417 g/mol. The van der Waals surface area contributed by atoms with Gasteiger partial charge in [0.05, 0.1) is 23.7 Å². The van der Waals surface area contributed by atoms with E-state index in [0.717, 1.165) is 36.0 Å². The van der Waals surface area contributed by atoms with Crippen molar-refractivity contribution in [3.63, 3.8) is 0 Å². The van der Waals surface area contributed by atoms with Crippen LogP contribution in [0.2, 0.25) is 0 Å². The van der Waals surface area contributed by atoms with Crippen LogP contribution in [0.25, 0.3) is 21.9 Å². The lowest BCUT2D eigenvalue weighted by molar-refractivity contribution is -0.136. The lowest BCUT2D eigenvalue weighted by atomic mass is 10.1. The van der Waals surface area contributed by atoms with E-state index in [0.29, 0.717) is 24.3 Å². The number of hydrogen-bond donors (Lipinski definition) is 4. The fourth-order valence-electron chi connectivity index (χ4n) is 3.40. The van der Waals surface area contributed by atoms with Crippen molar-refractivity contribution in [2.75, 3.05) is 25.5 Å². The SMILES string of the molecule is COc1cc(C(F)(F)F)c2cc(CNCCCNc3nc4ccccc4[nH]3)[nH]c2c1. The van der Waals surface area contributed by atoms with Crippen molar-refractivity contribution in [3.8, 4) is 5.75 Å². The third-order valence-electron chi connectivity index (χ3n) is 4.84. The van der Waals surface area contributed by atoms with Crippen LogP contribution < -0.4 is 15.4 Å². The Bertz CT molecular complexity index is 1120. The van der Waals surface area contributed by atoms with Crippen LogP contribution in [0.5, 0.6) is 5.75 Å². The van der Waals surface area contributed by atoms with Crippen molar-refractivity contribution in [1.82, 2.24) is 20.3 Å². The van der Waals surface area contributed by atoms with E-state index in [2.05, 4.69) is 25.6 Å². The first-order valence-electron chi connectivity index (χ1n) is 9.60. The summed E-state index contributed by atoms with van der Waals surface area (Å²) in [5.41, 5.74) is 2.28. The Labute approximate surface area is 170 Å². The summed E-state index contributed by atoms with van der Waals surface area (Å²) in [7, 11) is 1.35. The van der Waals surface area contributed by atoms with Crippen LogP contribution in [-0.2, 0) is 12.7 Å². The van der Waals surface area contributed by atoms with Gasteiger partial charge in [-0.25, -0.2) is 4.98 Å². The number of alkyl halides is 3. The molecule has 4 rings (SSSR count). The first kappa shape index (κ1) is 20.1. The molecule has 0 aliphatic heterocycles. The van der Waals surface area contributed by atoms with Gasteiger partial charge >= 0.3 is 6.18 Å². The lowest BCUT2D eigenvalue weighted by Crippen LogP contribution is -2.18. The number of aromatic nitrogens is 3. The van der Waals surface area contributed by atoms with E-state index in [1.807, 2.05) is 24.3 Å². The minimum absolute atomic E-state index is 0.145. The van der Waals surface area contributed by atoms with Crippen molar-refractivity contribution >= 4 is 27.9 Å². The Kier molecular flexibility index (Phi) is 5.54. The molecule has 4 aromatic rings. The second kappa shape index (κ2) is 8.27. The molecule has 30 heavy (non-hydrogen) atoms. The van der Waals surface area contributed by atoms with Crippen LogP contribution >= 0.6 is 0 Å². The van der Waals surface area contributed by atoms with Crippen molar-refractivity contribution in [2.24, 2.45) is 0 Å². The fourth-order valence-corrected chi connectivity index (χ4v) is 3.40. The highest BCUT2D eigenvalue weighted by atomic mass is 19.4. The summed E-state index contributed by atoms with van der Waals surface area (Å²) >= 11 is 0. The topological polar surface area (TPSA) is 77.8 Å². The van der Waals surface area contributed by atoms with Gasteiger partial charge in [0.2, 0.25) is 5.95 Å². The van der Waals surface area contributed by atoms with Gasteiger partial charge in [0, 0.05) is 35.8 Å².